The van der Waals surface area contributed by atoms with Crippen LogP contribution >= 0.6 is 23.4 Å². The molecule has 0 aromatic carbocycles. The molecule has 0 unspecified atom stereocenters. The SMILES string of the molecule is CSc1nc(Cl)c(C#N)c(OCC2(C#N)CC2)n1. The third kappa shape index (κ3) is 2.50. The smallest absolute Gasteiger partial charge is 0.237 e. The van der Waals surface area contributed by atoms with Gasteiger partial charge in [-0.05, 0) is 19.1 Å². The van der Waals surface area contributed by atoms with Gasteiger partial charge < -0.3 is 4.74 Å². The summed E-state index contributed by atoms with van der Waals surface area (Å²) in [5, 5.41) is 18.5. The topological polar surface area (TPSA) is 82.6 Å². The van der Waals surface area contributed by atoms with Gasteiger partial charge in [0.25, 0.3) is 0 Å². The minimum Gasteiger partial charge on any atom is -0.475 e. The van der Waals surface area contributed by atoms with Crippen molar-refractivity contribution in [2.45, 2.75) is 18.0 Å². The first-order valence-electron chi connectivity index (χ1n) is 5.20. The number of rotatable bonds is 4. The Hall–Kier alpha value is -1.50. The van der Waals surface area contributed by atoms with Crippen LogP contribution in [-0.4, -0.2) is 22.8 Å². The van der Waals surface area contributed by atoms with Gasteiger partial charge in [-0.1, -0.05) is 23.4 Å². The van der Waals surface area contributed by atoms with Gasteiger partial charge >= 0.3 is 0 Å². The van der Waals surface area contributed by atoms with E-state index in [0.29, 0.717) is 5.16 Å². The van der Waals surface area contributed by atoms with Crippen molar-refractivity contribution in [3.63, 3.8) is 0 Å². The van der Waals surface area contributed by atoms with E-state index in [1.54, 1.807) is 6.26 Å². The van der Waals surface area contributed by atoms with Crippen molar-refractivity contribution in [1.82, 2.24) is 9.97 Å². The highest BCUT2D eigenvalue weighted by Gasteiger charge is 2.44. The van der Waals surface area contributed by atoms with Gasteiger partial charge in [0.1, 0.15) is 12.7 Å². The van der Waals surface area contributed by atoms with Gasteiger partial charge in [0, 0.05) is 0 Å². The number of hydrogen-bond acceptors (Lipinski definition) is 6. The molecule has 1 aliphatic carbocycles. The summed E-state index contributed by atoms with van der Waals surface area (Å²) in [4.78, 5) is 8.05. The van der Waals surface area contributed by atoms with Crippen LogP contribution in [0.1, 0.15) is 18.4 Å². The van der Waals surface area contributed by atoms with Crippen molar-refractivity contribution in [3.8, 4) is 18.0 Å². The van der Waals surface area contributed by atoms with Crippen LogP contribution in [0.4, 0.5) is 0 Å². The Morgan fingerprint density at radius 3 is 2.67 bits per heavy atom. The lowest BCUT2D eigenvalue weighted by Crippen LogP contribution is -2.13. The largest absolute Gasteiger partial charge is 0.475 e. The lowest BCUT2D eigenvalue weighted by molar-refractivity contribution is 0.256. The summed E-state index contributed by atoms with van der Waals surface area (Å²) in [5.74, 6) is 0.156. The minimum absolute atomic E-state index is 0.0775. The van der Waals surface area contributed by atoms with Crippen molar-refractivity contribution in [1.29, 1.82) is 10.5 Å². The van der Waals surface area contributed by atoms with Crippen LogP contribution in [0.5, 0.6) is 5.88 Å². The normalized spacial score (nSPS) is 15.6. The molecule has 0 N–H and O–H groups in total. The van der Waals surface area contributed by atoms with E-state index in [9.17, 15) is 0 Å². The summed E-state index contributed by atoms with van der Waals surface area (Å²) in [6.07, 6.45) is 3.44. The quantitative estimate of drug-likeness (QED) is 0.478. The number of thioether (sulfide) groups is 1. The summed E-state index contributed by atoms with van der Waals surface area (Å²) < 4.78 is 5.48. The zero-order valence-electron chi connectivity index (χ0n) is 9.60. The minimum atomic E-state index is -0.413. The van der Waals surface area contributed by atoms with E-state index in [0.717, 1.165) is 12.8 Å². The molecule has 1 saturated carbocycles. The monoisotopic (exact) mass is 280 g/mol. The second-order valence-corrected chi connectivity index (χ2v) is 5.11. The van der Waals surface area contributed by atoms with Crippen LogP contribution in [0.3, 0.4) is 0 Å². The molecule has 0 aliphatic heterocycles. The lowest BCUT2D eigenvalue weighted by Gasteiger charge is -2.10. The third-order valence-electron chi connectivity index (χ3n) is 2.68. The zero-order valence-corrected chi connectivity index (χ0v) is 11.2. The number of hydrogen-bond donors (Lipinski definition) is 0. The Morgan fingerprint density at radius 1 is 1.44 bits per heavy atom. The second kappa shape index (κ2) is 5.01. The van der Waals surface area contributed by atoms with Crippen LogP contribution in [0.25, 0.3) is 0 Å². The molecule has 0 amide bonds. The molecule has 1 aliphatic rings. The van der Waals surface area contributed by atoms with Gasteiger partial charge in [0.2, 0.25) is 5.88 Å². The first-order chi connectivity index (χ1) is 8.64. The first kappa shape index (κ1) is 12.9. The van der Waals surface area contributed by atoms with Gasteiger partial charge in [-0.15, -0.1) is 0 Å². The molecule has 5 nitrogen and oxygen atoms in total. The van der Waals surface area contributed by atoms with Crippen molar-refractivity contribution in [3.05, 3.63) is 10.7 Å². The van der Waals surface area contributed by atoms with Crippen LogP contribution in [0.2, 0.25) is 5.15 Å². The van der Waals surface area contributed by atoms with Crippen molar-refractivity contribution in [2.24, 2.45) is 5.41 Å². The van der Waals surface area contributed by atoms with Crippen LogP contribution in [0, 0.1) is 28.1 Å². The van der Waals surface area contributed by atoms with Gasteiger partial charge in [0.05, 0.1) is 11.5 Å². The summed E-state index contributed by atoms with van der Waals surface area (Å²) in [7, 11) is 0. The highest BCUT2D eigenvalue weighted by atomic mass is 35.5. The molecule has 0 bridgehead atoms. The molecular formula is C11H9ClN4OS. The van der Waals surface area contributed by atoms with Crippen LogP contribution in [0.15, 0.2) is 5.16 Å². The molecule has 92 valence electrons. The molecule has 1 aromatic heterocycles. The van der Waals surface area contributed by atoms with Crippen LogP contribution < -0.4 is 4.74 Å². The predicted molar refractivity (Wildman–Crippen MR) is 66.3 cm³/mol. The van der Waals surface area contributed by atoms with E-state index in [-0.39, 0.29) is 23.2 Å². The summed E-state index contributed by atoms with van der Waals surface area (Å²) in [6.45, 7) is 0.235. The van der Waals surface area contributed by atoms with E-state index in [4.69, 9.17) is 26.9 Å². The molecule has 0 radical (unpaired) electrons. The summed E-state index contributed by atoms with van der Waals surface area (Å²) in [5.41, 5.74) is -0.299. The van der Waals surface area contributed by atoms with E-state index in [1.807, 2.05) is 6.07 Å². The van der Waals surface area contributed by atoms with E-state index in [1.165, 1.54) is 11.8 Å². The molecule has 0 spiro atoms. The maximum absolute atomic E-state index is 9.00. The molecular weight excluding hydrogens is 272 g/mol. The Kier molecular flexibility index (Phi) is 3.60. The second-order valence-electron chi connectivity index (χ2n) is 3.97. The maximum atomic E-state index is 9.00. The maximum Gasteiger partial charge on any atom is 0.237 e. The molecule has 7 heteroatoms. The Morgan fingerprint density at radius 2 is 2.17 bits per heavy atom. The number of nitriles is 2. The summed E-state index contributed by atoms with van der Waals surface area (Å²) >= 11 is 7.19. The average Bonchev–Trinajstić information content (AvgIpc) is 3.16. The molecule has 1 fully saturated rings. The lowest BCUT2D eigenvalue weighted by atomic mass is 10.1. The third-order valence-corrected chi connectivity index (χ3v) is 3.50. The van der Waals surface area contributed by atoms with Gasteiger partial charge in [-0.2, -0.15) is 15.5 Å². The Balaban J connectivity index is 2.23. The molecule has 0 saturated heterocycles. The van der Waals surface area contributed by atoms with Gasteiger partial charge in [0.15, 0.2) is 15.9 Å². The van der Waals surface area contributed by atoms with E-state index in [2.05, 4.69) is 16.0 Å². The highest BCUT2D eigenvalue weighted by Crippen LogP contribution is 2.45. The van der Waals surface area contributed by atoms with Crippen molar-refractivity contribution >= 4 is 23.4 Å². The molecule has 2 rings (SSSR count). The summed E-state index contributed by atoms with van der Waals surface area (Å²) in [6, 6.07) is 4.13. The number of ether oxygens (including phenoxy) is 1. The molecule has 0 atom stereocenters. The zero-order chi connectivity index (χ0) is 13.2. The van der Waals surface area contributed by atoms with Crippen molar-refractivity contribution < 1.29 is 4.74 Å². The standard InChI is InChI=1S/C11H9ClN4OS/c1-18-10-15-8(12)7(4-13)9(16-10)17-6-11(5-14)2-3-11/h2-3,6H2,1H3. The number of halogens is 1. The highest BCUT2D eigenvalue weighted by molar-refractivity contribution is 7.98. The van der Waals surface area contributed by atoms with Gasteiger partial charge in [-0.3, -0.25) is 0 Å². The Bertz CT molecular complexity index is 559. The van der Waals surface area contributed by atoms with Crippen molar-refractivity contribution in [2.75, 3.05) is 12.9 Å². The fraction of sp³-hybridized carbons (Fsp3) is 0.455. The number of aromatic nitrogens is 2. The van der Waals surface area contributed by atoms with Gasteiger partial charge in [-0.25, -0.2) is 4.98 Å². The molecule has 18 heavy (non-hydrogen) atoms. The average molecular weight is 281 g/mol. The first-order valence-corrected chi connectivity index (χ1v) is 6.80. The van der Waals surface area contributed by atoms with E-state index >= 15 is 0 Å². The predicted octanol–water partition coefficient (Wildman–Crippen LogP) is 2.41. The number of nitrogens with zero attached hydrogens (tertiary/aromatic N) is 4. The fourth-order valence-corrected chi connectivity index (χ4v) is 1.94. The molecule has 1 aromatic rings. The van der Waals surface area contributed by atoms with E-state index < -0.39 is 5.41 Å². The van der Waals surface area contributed by atoms with Crippen LogP contribution in [-0.2, 0) is 0 Å². The Labute approximate surface area is 114 Å². The fourth-order valence-electron chi connectivity index (χ4n) is 1.33. The molecule has 1 heterocycles.